The highest BCUT2D eigenvalue weighted by atomic mass is 19.4. The Morgan fingerprint density at radius 1 is 1.25 bits per heavy atom. The van der Waals surface area contributed by atoms with Gasteiger partial charge in [0.05, 0.1) is 19.4 Å². The molecule has 1 rings (SSSR count). The van der Waals surface area contributed by atoms with Gasteiger partial charge in [0.15, 0.2) is 0 Å². The molecule has 0 atom stereocenters. The van der Waals surface area contributed by atoms with Gasteiger partial charge in [0, 0.05) is 12.1 Å². The minimum Gasteiger partial charge on any atom is -0.468 e. The molecule has 6 heteroatoms. The molecule has 0 bridgehead atoms. The molecule has 0 aliphatic carbocycles. The molecule has 1 aromatic heterocycles. The summed E-state index contributed by atoms with van der Waals surface area (Å²) >= 11 is 0. The zero-order valence-corrected chi connectivity index (χ0v) is 12.1. The predicted octanol–water partition coefficient (Wildman–Crippen LogP) is 3.55. The summed E-state index contributed by atoms with van der Waals surface area (Å²) in [6.07, 6.45) is -0.842. The molecule has 0 fully saturated rings. The molecule has 0 aliphatic rings. The lowest BCUT2D eigenvalue weighted by molar-refractivity contribution is -0.147. The van der Waals surface area contributed by atoms with Gasteiger partial charge in [-0.05, 0) is 32.0 Å². The number of hydrogen-bond acceptors (Lipinski definition) is 3. The normalized spacial score (nSPS) is 12.3. The first-order valence-electron chi connectivity index (χ1n) is 7.00. The van der Waals surface area contributed by atoms with Crippen molar-refractivity contribution in [2.24, 2.45) is 0 Å². The molecule has 0 amide bonds. The third-order valence-corrected chi connectivity index (χ3v) is 2.79. The van der Waals surface area contributed by atoms with Gasteiger partial charge in [-0.1, -0.05) is 13.8 Å². The third kappa shape index (κ3) is 6.96. The van der Waals surface area contributed by atoms with Gasteiger partial charge in [-0.25, -0.2) is 0 Å². The second kappa shape index (κ2) is 8.32. The molecule has 1 aromatic rings. The highest BCUT2D eigenvalue weighted by Crippen LogP contribution is 2.19. The van der Waals surface area contributed by atoms with Crippen molar-refractivity contribution in [3.05, 3.63) is 23.7 Å². The molecule has 0 unspecified atom stereocenters. The van der Waals surface area contributed by atoms with Crippen LogP contribution >= 0.6 is 0 Å². The molecule has 0 saturated carbocycles. The number of rotatable bonds is 9. The van der Waals surface area contributed by atoms with Crippen LogP contribution in [0.1, 0.15) is 38.0 Å². The first kappa shape index (κ1) is 17.0. The smallest absolute Gasteiger partial charge is 0.401 e. The maximum absolute atomic E-state index is 12.5. The van der Waals surface area contributed by atoms with Crippen LogP contribution in [0.25, 0.3) is 0 Å². The zero-order chi connectivity index (χ0) is 15.0. The van der Waals surface area contributed by atoms with E-state index in [1.165, 1.54) is 4.90 Å². The highest BCUT2D eigenvalue weighted by Gasteiger charge is 2.30. The van der Waals surface area contributed by atoms with Crippen LogP contribution in [-0.4, -0.2) is 30.7 Å². The van der Waals surface area contributed by atoms with Crippen molar-refractivity contribution in [2.75, 3.05) is 19.6 Å². The minimum absolute atomic E-state index is 0.196. The first-order chi connectivity index (χ1) is 9.44. The van der Waals surface area contributed by atoms with Crippen LogP contribution in [0.5, 0.6) is 0 Å². The number of nitrogens with one attached hydrogen (secondary N) is 1. The molecule has 0 radical (unpaired) electrons. The van der Waals surface area contributed by atoms with Crippen molar-refractivity contribution in [3.8, 4) is 0 Å². The molecule has 0 spiro atoms. The Hall–Kier alpha value is -1.01. The van der Waals surface area contributed by atoms with Gasteiger partial charge in [-0.2, -0.15) is 13.2 Å². The summed E-state index contributed by atoms with van der Waals surface area (Å²) in [5.41, 5.74) is 0.969. The quantitative estimate of drug-likeness (QED) is 0.706. The lowest BCUT2D eigenvalue weighted by atomic mass is 10.3. The lowest BCUT2D eigenvalue weighted by Gasteiger charge is -2.21. The van der Waals surface area contributed by atoms with Crippen molar-refractivity contribution >= 4 is 0 Å². The fourth-order valence-electron chi connectivity index (χ4n) is 2.02. The van der Waals surface area contributed by atoms with Gasteiger partial charge < -0.3 is 9.73 Å². The van der Waals surface area contributed by atoms with E-state index in [0.29, 0.717) is 25.3 Å². The van der Waals surface area contributed by atoms with Crippen LogP contribution < -0.4 is 5.32 Å². The molecule has 0 saturated heterocycles. The average molecular weight is 292 g/mol. The van der Waals surface area contributed by atoms with Gasteiger partial charge in [0.2, 0.25) is 0 Å². The van der Waals surface area contributed by atoms with E-state index in [4.69, 9.17) is 4.42 Å². The van der Waals surface area contributed by atoms with Crippen LogP contribution in [0, 0.1) is 0 Å². The molecule has 1 N–H and O–H groups in total. The Balaban J connectivity index is 2.51. The van der Waals surface area contributed by atoms with Gasteiger partial charge in [-0.15, -0.1) is 0 Å². The molecular weight excluding hydrogens is 269 g/mol. The first-order valence-corrected chi connectivity index (χ1v) is 7.00. The number of hydrogen-bond donors (Lipinski definition) is 1. The molecule has 1 heterocycles. The van der Waals surface area contributed by atoms with Crippen molar-refractivity contribution < 1.29 is 17.6 Å². The van der Waals surface area contributed by atoms with Gasteiger partial charge >= 0.3 is 6.18 Å². The third-order valence-electron chi connectivity index (χ3n) is 2.79. The van der Waals surface area contributed by atoms with E-state index in [1.807, 2.05) is 13.0 Å². The molecule has 0 aromatic carbocycles. The van der Waals surface area contributed by atoms with Gasteiger partial charge in [0.1, 0.15) is 5.76 Å². The second-order valence-electron chi connectivity index (χ2n) is 4.92. The van der Waals surface area contributed by atoms with Crippen LogP contribution in [0.2, 0.25) is 0 Å². The Kier molecular flexibility index (Phi) is 7.09. The van der Waals surface area contributed by atoms with Crippen LogP contribution in [0.15, 0.2) is 16.7 Å². The molecule has 116 valence electrons. The van der Waals surface area contributed by atoms with E-state index >= 15 is 0 Å². The Labute approximate surface area is 118 Å². The molecule has 0 aliphatic heterocycles. The maximum atomic E-state index is 12.5. The van der Waals surface area contributed by atoms with E-state index in [-0.39, 0.29) is 6.54 Å². The SMILES string of the molecule is CCCNCc1coc(CN(CCC)CC(F)(F)F)c1. The number of alkyl halides is 3. The molecular formula is C14H23F3N2O. The minimum atomic E-state index is -4.17. The summed E-state index contributed by atoms with van der Waals surface area (Å²) in [6, 6.07) is 1.82. The molecule has 3 nitrogen and oxygen atoms in total. The van der Waals surface area contributed by atoms with E-state index in [2.05, 4.69) is 12.2 Å². The average Bonchev–Trinajstić information content (AvgIpc) is 2.75. The summed E-state index contributed by atoms with van der Waals surface area (Å²) < 4.78 is 42.7. The number of furan rings is 1. The van der Waals surface area contributed by atoms with E-state index < -0.39 is 12.7 Å². The van der Waals surface area contributed by atoms with Crippen molar-refractivity contribution in [3.63, 3.8) is 0 Å². The van der Waals surface area contributed by atoms with Crippen LogP contribution in [0.4, 0.5) is 13.2 Å². The topological polar surface area (TPSA) is 28.4 Å². The maximum Gasteiger partial charge on any atom is 0.401 e. The fourth-order valence-corrected chi connectivity index (χ4v) is 2.02. The Bertz CT molecular complexity index is 377. The van der Waals surface area contributed by atoms with Crippen molar-refractivity contribution in [1.29, 1.82) is 0 Å². The predicted molar refractivity (Wildman–Crippen MR) is 72.3 cm³/mol. The highest BCUT2D eigenvalue weighted by molar-refractivity contribution is 5.12. The summed E-state index contributed by atoms with van der Waals surface area (Å²) in [5.74, 6) is 0.580. The number of nitrogens with zero attached hydrogens (tertiary/aromatic N) is 1. The zero-order valence-electron chi connectivity index (χ0n) is 12.1. The van der Waals surface area contributed by atoms with Crippen molar-refractivity contribution in [1.82, 2.24) is 10.2 Å². The van der Waals surface area contributed by atoms with Crippen LogP contribution in [0.3, 0.4) is 0 Å². The lowest BCUT2D eigenvalue weighted by Crippen LogP contribution is -2.34. The standard InChI is InChI=1S/C14H23F3N2O/c1-3-5-18-8-12-7-13(20-10-12)9-19(6-4-2)11-14(15,16)17/h7,10,18H,3-6,8-9,11H2,1-2H3. The van der Waals surface area contributed by atoms with E-state index in [0.717, 1.165) is 18.5 Å². The summed E-state index contributed by atoms with van der Waals surface area (Å²) in [5, 5.41) is 3.23. The van der Waals surface area contributed by atoms with Gasteiger partial charge in [0.25, 0.3) is 0 Å². The number of halogens is 3. The monoisotopic (exact) mass is 292 g/mol. The van der Waals surface area contributed by atoms with E-state index in [1.54, 1.807) is 6.26 Å². The Morgan fingerprint density at radius 3 is 2.60 bits per heavy atom. The van der Waals surface area contributed by atoms with Crippen molar-refractivity contribution in [2.45, 2.75) is 46.0 Å². The summed E-state index contributed by atoms with van der Waals surface area (Å²) in [6.45, 7) is 5.25. The van der Waals surface area contributed by atoms with Gasteiger partial charge in [-0.3, -0.25) is 4.90 Å². The summed E-state index contributed by atoms with van der Waals surface area (Å²) in [7, 11) is 0. The fraction of sp³-hybridized carbons (Fsp3) is 0.714. The molecule has 20 heavy (non-hydrogen) atoms. The summed E-state index contributed by atoms with van der Waals surface area (Å²) in [4.78, 5) is 1.36. The second-order valence-corrected chi connectivity index (χ2v) is 4.92. The Morgan fingerprint density at radius 2 is 2.00 bits per heavy atom. The van der Waals surface area contributed by atoms with E-state index in [9.17, 15) is 13.2 Å². The van der Waals surface area contributed by atoms with Crippen LogP contribution in [-0.2, 0) is 13.1 Å². The largest absolute Gasteiger partial charge is 0.468 e.